The first kappa shape index (κ1) is 13.7. The van der Waals surface area contributed by atoms with Gasteiger partial charge in [0.15, 0.2) is 11.5 Å². The normalized spacial score (nSPS) is 15.2. The van der Waals surface area contributed by atoms with Crippen LogP contribution in [0, 0.1) is 0 Å². The zero-order valence-electron chi connectivity index (χ0n) is 11.3. The van der Waals surface area contributed by atoms with E-state index in [2.05, 4.69) is 17.2 Å². The van der Waals surface area contributed by atoms with Gasteiger partial charge in [0.1, 0.15) is 18.2 Å². The number of hydrogen-bond acceptors (Lipinski definition) is 5. The zero-order valence-corrected chi connectivity index (χ0v) is 12.8. The van der Waals surface area contributed by atoms with E-state index in [-0.39, 0.29) is 6.04 Å². The van der Waals surface area contributed by atoms with Crippen LogP contribution in [0.15, 0.2) is 18.3 Å². The summed E-state index contributed by atoms with van der Waals surface area (Å²) in [5.74, 6) is 1.32. The van der Waals surface area contributed by atoms with Crippen LogP contribution in [-0.2, 0) is 0 Å². The molecule has 0 spiro atoms. The molecule has 6 heteroatoms. The number of ether oxygens (including phenoxy) is 2. The maximum absolute atomic E-state index is 6.25. The lowest BCUT2D eigenvalue weighted by atomic mass is 10.2. The Labute approximate surface area is 126 Å². The lowest BCUT2D eigenvalue weighted by Crippen LogP contribution is -2.15. The third-order valence-corrected chi connectivity index (χ3v) is 4.74. The van der Waals surface area contributed by atoms with Gasteiger partial charge in [-0.15, -0.1) is 11.3 Å². The Bertz CT molecular complexity index is 630. The zero-order chi connectivity index (χ0) is 14.1. The smallest absolute Gasteiger partial charge is 0.179 e. The fourth-order valence-corrected chi connectivity index (χ4v) is 3.23. The van der Waals surface area contributed by atoms with Gasteiger partial charge in [-0.3, -0.25) is 0 Å². The van der Waals surface area contributed by atoms with Gasteiger partial charge in [-0.25, -0.2) is 4.98 Å². The molecule has 1 atom stereocenters. The number of benzene rings is 1. The molecule has 1 aliphatic heterocycles. The minimum Gasteiger partial charge on any atom is -0.486 e. The summed E-state index contributed by atoms with van der Waals surface area (Å²) in [6.07, 6.45) is 1.89. The van der Waals surface area contributed by atoms with Crippen LogP contribution in [0.2, 0.25) is 5.02 Å². The first-order valence-electron chi connectivity index (χ1n) is 6.41. The molecule has 0 radical (unpaired) electrons. The van der Waals surface area contributed by atoms with Crippen molar-refractivity contribution in [1.29, 1.82) is 0 Å². The summed E-state index contributed by atoms with van der Waals surface area (Å²) in [6, 6.07) is 4.10. The molecule has 0 fully saturated rings. The van der Waals surface area contributed by atoms with Crippen LogP contribution in [-0.4, -0.2) is 25.2 Å². The van der Waals surface area contributed by atoms with Crippen molar-refractivity contribution in [2.75, 3.05) is 20.3 Å². The van der Waals surface area contributed by atoms with Gasteiger partial charge in [0.2, 0.25) is 0 Å². The standard InChI is InChI=1S/C14H15ClN2O2S/c1-8(16-2)12-7-17-14(20-12)9-5-10(15)13-11(6-9)18-3-4-19-13/h5-8,16H,3-4H2,1-2H3. The van der Waals surface area contributed by atoms with Crippen LogP contribution in [0.25, 0.3) is 10.6 Å². The van der Waals surface area contributed by atoms with E-state index < -0.39 is 0 Å². The minimum absolute atomic E-state index is 0.286. The van der Waals surface area contributed by atoms with Gasteiger partial charge in [0.25, 0.3) is 0 Å². The number of rotatable bonds is 3. The molecule has 0 bridgehead atoms. The van der Waals surface area contributed by atoms with Crippen molar-refractivity contribution in [3.8, 4) is 22.1 Å². The SMILES string of the molecule is CNC(C)c1cnc(-c2cc(Cl)c3c(c2)OCCO3)s1. The van der Waals surface area contributed by atoms with Crippen molar-refractivity contribution in [3.05, 3.63) is 28.2 Å². The second kappa shape index (κ2) is 5.60. The molecule has 0 aliphatic carbocycles. The monoisotopic (exact) mass is 310 g/mol. The maximum atomic E-state index is 6.25. The van der Waals surface area contributed by atoms with Gasteiger partial charge in [0, 0.05) is 22.7 Å². The van der Waals surface area contributed by atoms with Crippen molar-refractivity contribution in [2.24, 2.45) is 0 Å². The maximum Gasteiger partial charge on any atom is 0.179 e. The summed E-state index contributed by atoms with van der Waals surface area (Å²) in [5, 5.41) is 4.70. The Morgan fingerprint density at radius 1 is 1.35 bits per heavy atom. The molecule has 1 aromatic carbocycles. The predicted octanol–water partition coefficient (Wildman–Crippen LogP) is 3.52. The molecular weight excluding hydrogens is 296 g/mol. The number of aromatic nitrogens is 1. The summed E-state index contributed by atoms with van der Waals surface area (Å²) >= 11 is 7.90. The van der Waals surface area contributed by atoms with Crippen LogP contribution >= 0.6 is 22.9 Å². The second-order valence-electron chi connectivity index (χ2n) is 4.56. The Morgan fingerprint density at radius 2 is 2.15 bits per heavy atom. The molecular formula is C14H15ClN2O2S. The highest BCUT2D eigenvalue weighted by Gasteiger charge is 2.18. The average Bonchev–Trinajstić information content (AvgIpc) is 2.96. The number of nitrogens with one attached hydrogen (secondary N) is 1. The van der Waals surface area contributed by atoms with Gasteiger partial charge >= 0.3 is 0 Å². The molecule has 3 rings (SSSR count). The molecule has 20 heavy (non-hydrogen) atoms. The molecule has 1 aromatic heterocycles. The van der Waals surface area contributed by atoms with Crippen molar-refractivity contribution >= 4 is 22.9 Å². The number of fused-ring (bicyclic) bond motifs is 1. The molecule has 2 heterocycles. The van der Waals surface area contributed by atoms with Gasteiger partial charge in [-0.2, -0.15) is 0 Å². The van der Waals surface area contributed by atoms with E-state index in [9.17, 15) is 0 Å². The largest absolute Gasteiger partial charge is 0.486 e. The quantitative estimate of drug-likeness (QED) is 0.942. The van der Waals surface area contributed by atoms with Crippen LogP contribution in [0.4, 0.5) is 0 Å². The van der Waals surface area contributed by atoms with E-state index in [4.69, 9.17) is 21.1 Å². The van der Waals surface area contributed by atoms with E-state index >= 15 is 0 Å². The van der Waals surface area contributed by atoms with Crippen molar-refractivity contribution in [2.45, 2.75) is 13.0 Å². The molecule has 0 saturated heterocycles. The van der Waals surface area contributed by atoms with Crippen LogP contribution < -0.4 is 14.8 Å². The summed E-state index contributed by atoms with van der Waals surface area (Å²) in [4.78, 5) is 5.66. The molecule has 1 unspecified atom stereocenters. The topological polar surface area (TPSA) is 43.4 Å². The first-order valence-corrected chi connectivity index (χ1v) is 7.61. The van der Waals surface area contributed by atoms with Gasteiger partial charge in [-0.1, -0.05) is 11.6 Å². The van der Waals surface area contributed by atoms with Crippen molar-refractivity contribution < 1.29 is 9.47 Å². The average molecular weight is 311 g/mol. The molecule has 4 nitrogen and oxygen atoms in total. The molecule has 106 valence electrons. The summed E-state index contributed by atoms with van der Waals surface area (Å²) < 4.78 is 11.1. The van der Waals surface area contributed by atoms with E-state index in [1.165, 1.54) is 4.88 Å². The Morgan fingerprint density at radius 3 is 2.95 bits per heavy atom. The van der Waals surface area contributed by atoms with Crippen LogP contribution in [0.3, 0.4) is 0 Å². The van der Waals surface area contributed by atoms with Gasteiger partial charge < -0.3 is 14.8 Å². The van der Waals surface area contributed by atoms with Crippen LogP contribution in [0.1, 0.15) is 17.8 Å². The van der Waals surface area contributed by atoms with Crippen LogP contribution in [0.5, 0.6) is 11.5 Å². The van der Waals surface area contributed by atoms with Gasteiger partial charge in [0.05, 0.1) is 5.02 Å². The highest BCUT2D eigenvalue weighted by atomic mass is 35.5. The highest BCUT2D eigenvalue weighted by molar-refractivity contribution is 7.15. The molecule has 0 amide bonds. The molecule has 1 N–H and O–H groups in total. The van der Waals surface area contributed by atoms with Crippen molar-refractivity contribution in [3.63, 3.8) is 0 Å². The second-order valence-corrected chi connectivity index (χ2v) is 6.03. The lowest BCUT2D eigenvalue weighted by molar-refractivity contribution is 0.172. The number of hydrogen-bond donors (Lipinski definition) is 1. The van der Waals surface area contributed by atoms with E-state index in [0.29, 0.717) is 29.7 Å². The summed E-state index contributed by atoms with van der Waals surface area (Å²) in [5.41, 5.74) is 0.957. The summed E-state index contributed by atoms with van der Waals surface area (Å²) in [7, 11) is 1.94. The fourth-order valence-electron chi connectivity index (χ4n) is 2.00. The number of thiazole rings is 1. The molecule has 0 saturated carbocycles. The molecule has 1 aliphatic rings. The first-order chi connectivity index (χ1) is 9.69. The molecule has 2 aromatic rings. The van der Waals surface area contributed by atoms with Gasteiger partial charge in [-0.05, 0) is 26.1 Å². The minimum atomic E-state index is 0.286. The summed E-state index contributed by atoms with van der Waals surface area (Å²) in [6.45, 7) is 3.19. The Kier molecular flexibility index (Phi) is 3.83. The number of halogens is 1. The Hall–Kier alpha value is -1.30. The van der Waals surface area contributed by atoms with E-state index in [0.717, 1.165) is 10.6 Å². The van der Waals surface area contributed by atoms with Crippen molar-refractivity contribution in [1.82, 2.24) is 10.3 Å². The van der Waals surface area contributed by atoms with E-state index in [1.54, 1.807) is 11.3 Å². The number of nitrogens with zero attached hydrogens (tertiary/aromatic N) is 1. The van der Waals surface area contributed by atoms with E-state index in [1.807, 2.05) is 25.4 Å². The highest BCUT2D eigenvalue weighted by Crippen LogP contribution is 2.42. The third kappa shape index (κ3) is 2.49. The fraction of sp³-hybridized carbons (Fsp3) is 0.357. The Balaban J connectivity index is 1.98. The lowest BCUT2D eigenvalue weighted by Gasteiger charge is -2.19. The predicted molar refractivity (Wildman–Crippen MR) is 81.0 cm³/mol. The third-order valence-electron chi connectivity index (χ3n) is 3.23.